The molecule has 0 saturated carbocycles. The fourth-order valence-electron chi connectivity index (χ4n) is 2.05. The number of amides is 2. The maximum absolute atomic E-state index is 12.1. The fraction of sp³-hybridized carbons (Fsp3) is 0.389. The van der Waals surface area contributed by atoms with E-state index in [1.54, 1.807) is 26.2 Å². The first-order valence-electron chi connectivity index (χ1n) is 8.19. The van der Waals surface area contributed by atoms with Gasteiger partial charge in [0.2, 0.25) is 0 Å². The normalized spacial score (nSPS) is 10.8. The molecule has 146 valence electrons. The van der Waals surface area contributed by atoms with Crippen molar-refractivity contribution in [1.82, 2.24) is 5.32 Å². The molecule has 2 amide bonds. The Balaban J connectivity index is 3.06. The van der Waals surface area contributed by atoms with Crippen molar-refractivity contribution >= 4 is 40.5 Å². The highest BCUT2D eigenvalue weighted by molar-refractivity contribution is 14.1. The molecule has 1 aromatic rings. The molecule has 27 heavy (non-hydrogen) atoms. The standard InChI is InChI=1S/C18H22IN3O5/c1-3-26-15-9-12(8-14(19)17(15)27-11-16(21)23)7-13(10-20)18(24)22-5-4-6-25-2/h7-9H,3-6,11H2,1-2H3,(H2,21,23)(H,22,24)/b13-7+. The van der Waals surface area contributed by atoms with Gasteiger partial charge >= 0.3 is 0 Å². The van der Waals surface area contributed by atoms with E-state index in [9.17, 15) is 14.9 Å². The van der Waals surface area contributed by atoms with Gasteiger partial charge in [0, 0.05) is 20.3 Å². The first-order chi connectivity index (χ1) is 12.9. The second kappa shape index (κ2) is 12.1. The molecular formula is C18H22IN3O5. The molecule has 0 spiro atoms. The summed E-state index contributed by atoms with van der Waals surface area (Å²) in [6.45, 7) is 2.84. The highest BCUT2D eigenvalue weighted by atomic mass is 127. The van der Waals surface area contributed by atoms with Crippen LogP contribution in [0, 0.1) is 14.9 Å². The first-order valence-corrected chi connectivity index (χ1v) is 9.27. The van der Waals surface area contributed by atoms with Crippen molar-refractivity contribution in [2.45, 2.75) is 13.3 Å². The molecule has 0 aliphatic heterocycles. The minimum atomic E-state index is -0.603. The highest BCUT2D eigenvalue weighted by Gasteiger charge is 2.14. The monoisotopic (exact) mass is 487 g/mol. The number of nitrogens with zero attached hydrogens (tertiary/aromatic N) is 1. The molecular weight excluding hydrogens is 465 g/mol. The molecule has 0 fully saturated rings. The van der Waals surface area contributed by atoms with Gasteiger partial charge in [0.1, 0.15) is 11.6 Å². The number of nitrogens with one attached hydrogen (secondary N) is 1. The van der Waals surface area contributed by atoms with Crippen LogP contribution in [-0.4, -0.2) is 45.3 Å². The zero-order chi connectivity index (χ0) is 20.2. The summed E-state index contributed by atoms with van der Waals surface area (Å²) in [6.07, 6.45) is 2.12. The van der Waals surface area contributed by atoms with Gasteiger partial charge < -0.3 is 25.3 Å². The average Bonchev–Trinajstić information content (AvgIpc) is 2.62. The Morgan fingerprint density at radius 1 is 1.37 bits per heavy atom. The van der Waals surface area contributed by atoms with Crippen molar-refractivity contribution in [3.05, 3.63) is 26.8 Å². The molecule has 0 aliphatic rings. The van der Waals surface area contributed by atoms with Gasteiger partial charge in [-0.3, -0.25) is 9.59 Å². The van der Waals surface area contributed by atoms with Crippen molar-refractivity contribution in [2.24, 2.45) is 5.73 Å². The zero-order valence-corrected chi connectivity index (χ0v) is 17.4. The number of halogens is 1. The van der Waals surface area contributed by atoms with Crippen molar-refractivity contribution < 1.29 is 23.8 Å². The number of rotatable bonds is 11. The van der Waals surface area contributed by atoms with Crippen LogP contribution >= 0.6 is 22.6 Å². The second-order valence-electron chi connectivity index (χ2n) is 5.29. The quantitative estimate of drug-likeness (QED) is 0.212. The Bertz CT molecular complexity index is 743. The van der Waals surface area contributed by atoms with Crippen LogP contribution in [0.15, 0.2) is 17.7 Å². The molecule has 9 heteroatoms. The summed E-state index contributed by atoms with van der Waals surface area (Å²) < 4.78 is 16.5. The number of hydrogen-bond donors (Lipinski definition) is 2. The van der Waals surface area contributed by atoms with E-state index in [1.165, 1.54) is 6.08 Å². The summed E-state index contributed by atoms with van der Waals surface area (Å²) in [5, 5.41) is 12.0. The number of carbonyl (C=O) groups excluding carboxylic acids is 2. The summed E-state index contributed by atoms with van der Waals surface area (Å²) in [6, 6.07) is 5.25. The summed E-state index contributed by atoms with van der Waals surface area (Å²) in [4.78, 5) is 23.1. The van der Waals surface area contributed by atoms with E-state index < -0.39 is 11.8 Å². The van der Waals surface area contributed by atoms with E-state index in [1.807, 2.05) is 28.7 Å². The number of primary amides is 1. The van der Waals surface area contributed by atoms with Crippen LogP contribution < -0.4 is 20.5 Å². The maximum atomic E-state index is 12.1. The van der Waals surface area contributed by atoms with Gasteiger partial charge in [-0.05, 0) is 59.7 Å². The molecule has 1 rings (SSSR count). The third kappa shape index (κ3) is 7.84. The summed E-state index contributed by atoms with van der Waals surface area (Å²) >= 11 is 2.02. The molecule has 0 unspecified atom stereocenters. The minimum absolute atomic E-state index is 0.0310. The van der Waals surface area contributed by atoms with Crippen molar-refractivity contribution in [2.75, 3.05) is 33.5 Å². The van der Waals surface area contributed by atoms with Crippen molar-refractivity contribution in [3.63, 3.8) is 0 Å². The Hall–Kier alpha value is -2.32. The van der Waals surface area contributed by atoms with Gasteiger partial charge in [-0.2, -0.15) is 5.26 Å². The van der Waals surface area contributed by atoms with Crippen LogP contribution in [0.2, 0.25) is 0 Å². The summed E-state index contributed by atoms with van der Waals surface area (Å²) in [5.74, 6) is -0.282. The fourth-order valence-corrected chi connectivity index (χ4v) is 2.83. The lowest BCUT2D eigenvalue weighted by atomic mass is 10.1. The van der Waals surface area contributed by atoms with E-state index >= 15 is 0 Å². The third-order valence-electron chi connectivity index (χ3n) is 3.18. The predicted molar refractivity (Wildman–Crippen MR) is 108 cm³/mol. The molecule has 0 aliphatic carbocycles. The molecule has 0 aromatic heterocycles. The molecule has 0 heterocycles. The van der Waals surface area contributed by atoms with Crippen LogP contribution in [0.25, 0.3) is 6.08 Å². The van der Waals surface area contributed by atoms with E-state index in [0.717, 1.165) is 0 Å². The number of hydrogen-bond acceptors (Lipinski definition) is 6. The molecule has 3 N–H and O–H groups in total. The van der Waals surface area contributed by atoms with Gasteiger partial charge in [-0.15, -0.1) is 0 Å². The number of methoxy groups -OCH3 is 1. The van der Waals surface area contributed by atoms with Gasteiger partial charge in [0.05, 0.1) is 10.2 Å². The zero-order valence-electron chi connectivity index (χ0n) is 15.2. The van der Waals surface area contributed by atoms with Crippen LogP contribution in [0.1, 0.15) is 18.9 Å². The van der Waals surface area contributed by atoms with Gasteiger partial charge in [-0.1, -0.05) is 0 Å². The third-order valence-corrected chi connectivity index (χ3v) is 3.98. The van der Waals surface area contributed by atoms with Crippen molar-refractivity contribution in [1.29, 1.82) is 5.26 Å². The Kier molecular flexibility index (Phi) is 10.2. The summed E-state index contributed by atoms with van der Waals surface area (Å²) in [5.41, 5.74) is 5.68. The average molecular weight is 487 g/mol. The first kappa shape index (κ1) is 22.7. The number of benzene rings is 1. The minimum Gasteiger partial charge on any atom is -0.490 e. The van der Waals surface area contributed by atoms with Crippen LogP contribution in [0.4, 0.5) is 0 Å². The molecule has 0 saturated heterocycles. The lowest BCUT2D eigenvalue weighted by Gasteiger charge is -2.14. The molecule has 0 atom stereocenters. The number of nitriles is 1. The molecule has 1 aromatic carbocycles. The Labute approximate surface area is 171 Å². The lowest BCUT2D eigenvalue weighted by molar-refractivity contribution is -0.120. The largest absolute Gasteiger partial charge is 0.490 e. The number of ether oxygens (including phenoxy) is 3. The Morgan fingerprint density at radius 3 is 2.70 bits per heavy atom. The van der Waals surface area contributed by atoms with E-state index in [4.69, 9.17) is 19.9 Å². The highest BCUT2D eigenvalue weighted by Crippen LogP contribution is 2.35. The van der Waals surface area contributed by atoms with Gasteiger partial charge in [0.15, 0.2) is 18.1 Å². The Morgan fingerprint density at radius 2 is 2.11 bits per heavy atom. The summed E-state index contributed by atoms with van der Waals surface area (Å²) in [7, 11) is 1.58. The maximum Gasteiger partial charge on any atom is 0.261 e. The van der Waals surface area contributed by atoms with E-state index in [0.29, 0.717) is 46.8 Å². The van der Waals surface area contributed by atoms with Crippen LogP contribution in [0.3, 0.4) is 0 Å². The molecule has 0 radical (unpaired) electrons. The molecule has 0 bridgehead atoms. The SMILES string of the molecule is CCOc1cc(/C=C(\C#N)C(=O)NCCCOC)cc(I)c1OCC(N)=O. The predicted octanol–water partition coefficient (Wildman–Crippen LogP) is 1.61. The smallest absolute Gasteiger partial charge is 0.261 e. The second-order valence-corrected chi connectivity index (χ2v) is 6.45. The number of nitrogens with two attached hydrogens (primary N) is 1. The lowest BCUT2D eigenvalue weighted by Crippen LogP contribution is -2.26. The van der Waals surface area contributed by atoms with Gasteiger partial charge in [-0.25, -0.2) is 0 Å². The van der Waals surface area contributed by atoms with Crippen LogP contribution in [-0.2, 0) is 14.3 Å². The van der Waals surface area contributed by atoms with Crippen LogP contribution in [0.5, 0.6) is 11.5 Å². The topological polar surface area (TPSA) is 124 Å². The van der Waals surface area contributed by atoms with Crippen molar-refractivity contribution in [3.8, 4) is 17.6 Å². The van der Waals surface area contributed by atoms with E-state index in [2.05, 4.69) is 5.32 Å². The van der Waals surface area contributed by atoms with Gasteiger partial charge in [0.25, 0.3) is 11.8 Å². The molecule has 8 nitrogen and oxygen atoms in total. The van der Waals surface area contributed by atoms with E-state index in [-0.39, 0.29) is 12.2 Å². The number of carbonyl (C=O) groups is 2.